The van der Waals surface area contributed by atoms with Crippen LogP contribution < -0.4 is 10.0 Å². The summed E-state index contributed by atoms with van der Waals surface area (Å²) in [4.78, 5) is 14.8. The third-order valence-corrected chi connectivity index (χ3v) is 9.70. The van der Waals surface area contributed by atoms with E-state index in [9.17, 15) is 9.90 Å². The molecule has 1 saturated carbocycles. The molecule has 7 heteroatoms. The molecule has 0 atom stereocenters. The highest BCUT2D eigenvalue weighted by Crippen LogP contribution is 2.38. The third kappa shape index (κ3) is 6.76. The van der Waals surface area contributed by atoms with Crippen LogP contribution in [0.3, 0.4) is 0 Å². The molecule has 5 rings (SSSR count). The summed E-state index contributed by atoms with van der Waals surface area (Å²) < 4.78 is 11.4. The van der Waals surface area contributed by atoms with E-state index in [1.165, 1.54) is 47.8 Å². The minimum absolute atomic E-state index is 0.00366. The molecule has 1 aliphatic carbocycles. The van der Waals surface area contributed by atoms with Crippen LogP contribution >= 0.6 is 11.9 Å². The number of nitrogens with zero attached hydrogens (tertiary/aromatic N) is 1. The molecule has 2 heterocycles. The fourth-order valence-corrected chi connectivity index (χ4v) is 6.86. The molecule has 216 valence electrons. The van der Waals surface area contributed by atoms with Crippen molar-refractivity contribution in [3.05, 3.63) is 53.7 Å². The number of fused-ring (bicyclic) bond motifs is 1. The van der Waals surface area contributed by atoms with Crippen molar-refractivity contribution in [1.29, 1.82) is 0 Å². The number of benzene rings is 2. The first kappa shape index (κ1) is 29.2. The van der Waals surface area contributed by atoms with E-state index in [2.05, 4.69) is 84.8 Å². The molecule has 3 N–H and O–H groups in total. The Balaban J connectivity index is 1.51. The minimum Gasteiger partial charge on any atom is -0.388 e. The maximum atomic E-state index is 13.6. The highest BCUT2D eigenvalue weighted by atomic mass is 32.2. The summed E-state index contributed by atoms with van der Waals surface area (Å²) in [5, 5.41) is 16.4. The third-order valence-electron chi connectivity index (χ3n) is 8.41. The van der Waals surface area contributed by atoms with Gasteiger partial charge in [0.2, 0.25) is 0 Å². The molecule has 1 aliphatic heterocycles. The first-order valence-electron chi connectivity index (χ1n) is 14.9. The van der Waals surface area contributed by atoms with Gasteiger partial charge in [-0.1, -0.05) is 49.6 Å². The normalized spacial score (nSPS) is 18.2. The van der Waals surface area contributed by atoms with Gasteiger partial charge in [-0.2, -0.15) is 0 Å². The Kier molecular flexibility index (Phi) is 8.95. The van der Waals surface area contributed by atoms with Crippen molar-refractivity contribution in [2.45, 2.75) is 95.2 Å². The standard InChI is InChI=1S/C33H45N3O3S/c1-23-28(31(37)34-22-33(38)16-18-39-19-17-33)20-29(36(23)21-24-10-6-5-7-11-24)26-14-15-30(40-35-32(2,3)4)27-13-9-8-12-25(26)27/h8-9,12-15,20,24,35,38H,5-7,10-11,16-19,21-22H2,1-4H3,(H,34,37). The van der Waals surface area contributed by atoms with Crippen LogP contribution in [0.4, 0.5) is 0 Å². The van der Waals surface area contributed by atoms with Crippen LogP contribution in [0, 0.1) is 12.8 Å². The number of aliphatic hydroxyl groups is 1. The Morgan fingerprint density at radius 1 is 1.07 bits per heavy atom. The van der Waals surface area contributed by atoms with E-state index >= 15 is 0 Å². The number of amides is 1. The molecule has 1 aromatic heterocycles. The number of aromatic nitrogens is 1. The molecule has 3 aromatic rings. The predicted octanol–water partition coefficient (Wildman–Crippen LogP) is 6.86. The number of rotatable bonds is 8. The van der Waals surface area contributed by atoms with E-state index < -0.39 is 5.60 Å². The Morgan fingerprint density at radius 3 is 2.48 bits per heavy atom. The monoisotopic (exact) mass is 563 g/mol. The van der Waals surface area contributed by atoms with Crippen molar-refractivity contribution in [3.63, 3.8) is 0 Å². The lowest BCUT2D eigenvalue weighted by molar-refractivity contribution is -0.0605. The molecule has 6 nitrogen and oxygen atoms in total. The zero-order valence-corrected chi connectivity index (χ0v) is 25.3. The molecule has 0 radical (unpaired) electrons. The topological polar surface area (TPSA) is 75.5 Å². The molecule has 1 saturated heterocycles. The van der Waals surface area contributed by atoms with Crippen molar-refractivity contribution in [3.8, 4) is 11.3 Å². The lowest BCUT2D eigenvalue weighted by Crippen LogP contribution is -2.46. The number of carbonyl (C=O) groups excluding carboxylic acids is 1. The van der Waals surface area contributed by atoms with E-state index in [1.54, 1.807) is 11.9 Å². The van der Waals surface area contributed by atoms with E-state index in [4.69, 9.17) is 4.74 Å². The van der Waals surface area contributed by atoms with Crippen molar-refractivity contribution < 1.29 is 14.6 Å². The van der Waals surface area contributed by atoms with E-state index in [0.29, 0.717) is 37.5 Å². The first-order chi connectivity index (χ1) is 19.1. The second kappa shape index (κ2) is 12.3. The SMILES string of the molecule is Cc1c(C(=O)NCC2(O)CCOCC2)cc(-c2ccc(SNC(C)(C)C)c3ccccc23)n1CC1CCCCC1. The van der Waals surface area contributed by atoms with Gasteiger partial charge in [0.05, 0.1) is 11.2 Å². The first-order valence-corrected chi connectivity index (χ1v) is 15.7. The van der Waals surface area contributed by atoms with Crippen LogP contribution in [0.25, 0.3) is 22.0 Å². The van der Waals surface area contributed by atoms with Crippen LogP contribution in [0.15, 0.2) is 47.4 Å². The number of nitrogens with one attached hydrogen (secondary N) is 2. The zero-order valence-electron chi connectivity index (χ0n) is 24.5. The van der Waals surface area contributed by atoms with E-state index in [0.717, 1.165) is 23.5 Å². The average Bonchev–Trinajstić information content (AvgIpc) is 3.26. The number of hydrogen-bond acceptors (Lipinski definition) is 5. The van der Waals surface area contributed by atoms with Crippen LogP contribution in [0.5, 0.6) is 0 Å². The van der Waals surface area contributed by atoms with Crippen molar-refractivity contribution >= 4 is 28.6 Å². The number of ether oxygens (including phenoxy) is 1. The van der Waals surface area contributed by atoms with Crippen molar-refractivity contribution in [2.75, 3.05) is 19.8 Å². The summed E-state index contributed by atoms with van der Waals surface area (Å²) >= 11 is 1.67. The molecule has 2 fully saturated rings. The van der Waals surface area contributed by atoms with E-state index in [-0.39, 0.29) is 18.0 Å². The fourth-order valence-electron chi connectivity index (χ4n) is 6.02. The second-order valence-electron chi connectivity index (χ2n) is 12.8. The molecule has 40 heavy (non-hydrogen) atoms. The molecule has 1 amide bonds. The smallest absolute Gasteiger partial charge is 0.253 e. The average molecular weight is 564 g/mol. The summed E-state index contributed by atoms with van der Waals surface area (Å²) in [6.45, 7) is 10.8. The number of carbonyl (C=O) groups is 1. The predicted molar refractivity (Wildman–Crippen MR) is 165 cm³/mol. The maximum absolute atomic E-state index is 13.6. The highest BCUT2D eigenvalue weighted by molar-refractivity contribution is 7.97. The van der Waals surface area contributed by atoms with Gasteiger partial charge in [-0.05, 0) is 81.3 Å². The van der Waals surface area contributed by atoms with Crippen molar-refractivity contribution in [1.82, 2.24) is 14.6 Å². The molecular weight excluding hydrogens is 518 g/mol. The fraction of sp³-hybridized carbons (Fsp3) is 0.545. The van der Waals surface area contributed by atoms with Crippen LogP contribution in [0.2, 0.25) is 0 Å². The van der Waals surface area contributed by atoms with Gasteiger partial charge in [0.1, 0.15) is 0 Å². The molecule has 0 spiro atoms. The van der Waals surface area contributed by atoms with Gasteiger partial charge in [-0.3, -0.25) is 9.52 Å². The summed E-state index contributed by atoms with van der Waals surface area (Å²) in [6.07, 6.45) is 7.45. The van der Waals surface area contributed by atoms with Crippen LogP contribution in [-0.2, 0) is 11.3 Å². The van der Waals surface area contributed by atoms with Gasteiger partial charge in [0.15, 0.2) is 0 Å². The second-order valence-corrected chi connectivity index (χ2v) is 13.6. The lowest BCUT2D eigenvalue weighted by Gasteiger charge is -2.32. The molecule has 0 unspecified atom stereocenters. The van der Waals surface area contributed by atoms with Crippen molar-refractivity contribution in [2.24, 2.45) is 5.92 Å². The summed E-state index contributed by atoms with van der Waals surface area (Å²) in [5.41, 5.74) is 3.02. The maximum Gasteiger partial charge on any atom is 0.253 e. The van der Waals surface area contributed by atoms with E-state index in [1.807, 2.05) is 0 Å². The van der Waals surface area contributed by atoms with Crippen LogP contribution in [0.1, 0.15) is 81.8 Å². The van der Waals surface area contributed by atoms with Gasteiger partial charge in [0, 0.05) is 66.5 Å². The van der Waals surface area contributed by atoms with Gasteiger partial charge >= 0.3 is 0 Å². The summed E-state index contributed by atoms with van der Waals surface area (Å²) in [5.74, 6) is 0.501. The molecule has 2 aliphatic rings. The number of hydrogen-bond donors (Lipinski definition) is 3. The zero-order chi connectivity index (χ0) is 28.3. The Labute approximate surface area is 243 Å². The molecule has 0 bridgehead atoms. The Bertz CT molecular complexity index is 1330. The van der Waals surface area contributed by atoms with Crippen LogP contribution in [-0.4, -0.2) is 46.5 Å². The highest BCUT2D eigenvalue weighted by Gasteiger charge is 2.31. The Morgan fingerprint density at radius 2 is 1.77 bits per heavy atom. The summed E-state index contributed by atoms with van der Waals surface area (Å²) in [7, 11) is 0. The molecule has 2 aromatic carbocycles. The molecular formula is C33H45N3O3S. The van der Waals surface area contributed by atoms with Gasteiger partial charge in [-0.15, -0.1) is 0 Å². The summed E-state index contributed by atoms with van der Waals surface area (Å²) in [6, 6.07) is 15.1. The van der Waals surface area contributed by atoms with Gasteiger partial charge < -0.3 is 19.7 Å². The largest absolute Gasteiger partial charge is 0.388 e. The quantitative estimate of drug-likeness (QED) is 0.261. The lowest BCUT2D eigenvalue weighted by atomic mass is 9.89. The minimum atomic E-state index is -0.903. The van der Waals surface area contributed by atoms with Gasteiger partial charge in [0.25, 0.3) is 5.91 Å². The Hall–Kier alpha value is -2.32. The van der Waals surface area contributed by atoms with Gasteiger partial charge in [-0.25, -0.2) is 0 Å².